The number of anilines is 1. The zero-order valence-electron chi connectivity index (χ0n) is 23.0. The quantitative estimate of drug-likeness (QED) is 0.535. The Labute approximate surface area is 231 Å². The Hall–Kier alpha value is -2.91. The molecule has 0 spiro atoms. The van der Waals surface area contributed by atoms with Crippen molar-refractivity contribution in [1.29, 1.82) is 0 Å². The number of alkyl halides is 2. The molecule has 9 heteroatoms. The second-order valence-corrected chi connectivity index (χ2v) is 13.4. The molecule has 7 rings (SSSR count). The number of halogens is 2. The molecule has 4 fully saturated rings. The summed E-state index contributed by atoms with van der Waals surface area (Å²) >= 11 is 0. The molecule has 40 heavy (non-hydrogen) atoms. The number of carbonyl (C=O) groups is 2. The van der Waals surface area contributed by atoms with Crippen molar-refractivity contribution in [3.8, 4) is 0 Å². The smallest absolute Gasteiger partial charge is 0.203 e. The van der Waals surface area contributed by atoms with E-state index < -0.39 is 52.1 Å². The Morgan fingerprint density at radius 1 is 1.23 bits per heavy atom. The van der Waals surface area contributed by atoms with Gasteiger partial charge >= 0.3 is 0 Å². The number of para-hydroxylation sites is 2. The molecule has 0 radical (unpaired) electrons. The summed E-state index contributed by atoms with van der Waals surface area (Å²) in [7, 11) is 0. The van der Waals surface area contributed by atoms with Crippen molar-refractivity contribution in [3.63, 3.8) is 0 Å². The van der Waals surface area contributed by atoms with Gasteiger partial charge < -0.3 is 20.1 Å². The highest BCUT2D eigenvalue weighted by Crippen LogP contribution is 2.79. The number of ketones is 2. The number of Topliss-reactive ketones (excluding diaryl/α,β-unsaturated/α-hetero) is 1. The SMILES string of the molecule is CC12C=CC(=O)C=C1C(F)CC1C3(C)CC4CN(c5nc6ccccc6[nH]5)CC4(C(=O)CO)C3(C)CC(O)C12F. The van der Waals surface area contributed by atoms with Gasteiger partial charge in [0.25, 0.3) is 0 Å². The number of allylic oxidation sites excluding steroid dienone is 4. The van der Waals surface area contributed by atoms with Gasteiger partial charge in [-0.1, -0.05) is 32.1 Å². The van der Waals surface area contributed by atoms with Crippen molar-refractivity contribution in [3.05, 3.63) is 48.1 Å². The highest BCUT2D eigenvalue weighted by molar-refractivity contribution is 6.01. The van der Waals surface area contributed by atoms with Gasteiger partial charge in [0.1, 0.15) is 12.8 Å². The number of carbonyl (C=O) groups excluding carboxylic acids is 2. The Morgan fingerprint density at radius 3 is 2.70 bits per heavy atom. The van der Waals surface area contributed by atoms with E-state index in [-0.39, 0.29) is 42.4 Å². The van der Waals surface area contributed by atoms with Gasteiger partial charge in [-0.3, -0.25) is 9.59 Å². The van der Waals surface area contributed by atoms with Crippen molar-refractivity contribution >= 4 is 28.5 Å². The molecule has 2 aromatic rings. The lowest BCUT2D eigenvalue weighted by Gasteiger charge is -2.67. The van der Waals surface area contributed by atoms with Crippen molar-refractivity contribution in [2.45, 2.75) is 58.0 Å². The maximum atomic E-state index is 17.7. The number of imidazole rings is 1. The number of hydrogen-bond acceptors (Lipinski definition) is 6. The predicted molar refractivity (Wildman–Crippen MR) is 145 cm³/mol. The summed E-state index contributed by atoms with van der Waals surface area (Å²) in [4.78, 5) is 36.2. The van der Waals surface area contributed by atoms with E-state index in [2.05, 4.69) is 4.98 Å². The van der Waals surface area contributed by atoms with E-state index >= 15 is 8.78 Å². The van der Waals surface area contributed by atoms with Crippen LogP contribution < -0.4 is 4.90 Å². The molecule has 5 aliphatic rings. The molecular formula is C31H35F2N3O4. The summed E-state index contributed by atoms with van der Waals surface area (Å²) in [5.41, 5.74) is -4.83. The lowest BCUT2D eigenvalue weighted by Crippen LogP contribution is -2.72. The van der Waals surface area contributed by atoms with Gasteiger partial charge in [0, 0.05) is 24.4 Å². The second-order valence-electron chi connectivity index (χ2n) is 13.4. The van der Waals surface area contributed by atoms with Crippen LogP contribution in [-0.2, 0) is 9.59 Å². The Morgan fingerprint density at radius 2 is 1.98 bits per heavy atom. The number of benzene rings is 1. The summed E-state index contributed by atoms with van der Waals surface area (Å²) in [5, 5.41) is 22.0. The molecule has 1 aromatic heterocycles. The molecule has 9 unspecified atom stereocenters. The molecule has 212 valence electrons. The second kappa shape index (κ2) is 7.88. The molecule has 3 saturated carbocycles. The first kappa shape index (κ1) is 26.0. The molecule has 1 aromatic carbocycles. The van der Waals surface area contributed by atoms with Crippen LogP contribution in [0.2, 0.25) is 0 Å². The van der Waals surface area contributed by atoms with Gasteiger partial charge in [-0.2, -0.15) is 0 Å². The summed E-state index contributed by atoms with van der Waals surface area (Å²) in [6.45, 7) is 5.54. The zero-order chi connectivity index (χ0) is 28.5. The topological polar surface area (TPSA) is 107 Å². The Kier molecular flexibility index (Phi) is 5.13. The summed E-state index contributed by atoms with van der Waals surface area (Å²) in [6.07, 6.45) is 1.10. The highest BCUT2D eigenvalue weighted by atomic mass is 19.1. The lowest BCUT2D eigenvalue weighted by atomic mass is 9.38. The lowest BCUT2D eigenvalue weighted by molar-refractivity contribution is -0.241. The van der Waals surface area contributed by atoms with E-state index in [9.17, 15) is 19.8 Å². The van der Waals surface area contributed by atoms with E-state index in [4.69, 9.17) is 4.98 Å². The van der Waals surface area contributed by atoms with Crippen LogP contribution in [0.1, 0.15) is 40.0 Å². The molecule has 3 N–H and O–H groups in total. The molecular weight excluding hydrogens is 516 g/mol. The third kappa shape index (κ3) is 2.74. The third-order valence-corrected chi connectivity index (χ3v) is 12.2. The first-order valence-corrected chi connectivity index (χ1v) is 14.2. The van der Waals surface area contributed by atoms with E-state index in [1.165, 1.54) is 18.2 Å². The molecule has 2 heterocycles. The van der Waals surface area contributed by atoms with Gasteiger partial charge in [0.15, 0.2) is 17.2 Å². The number of aliphatic hydroxyl groups is 2. The van der Waals surface area contributed by atoms with Crippen LogP contribution in [0.15, 0.2) is 48.1 Å². The maximum absolute atomic E-state index is 17.7. The van der Waals surface area contributed by atoms with Crippen LogP contribution in [0.5, 0.6) is 0 Å². The third-order valence-electron chi connectivity index (χ3n) is 12.2. The fourth-order valence-corrected chi connectivity index (χ4v) is 10.1. The standard InChI is InChI=1S/C31H35F2N3O4/c1-27-9-8-18(38)10-19(27)20(32)11-23-28(2)12-17-14-36(26-34-21-6-4-5-7-22(21)35-26)16-30(17,25(40)15-37)29(28,3)13-24(39)31(23,27)33/h4-10,17,20,23-24,37,39H,11-16H2,1-3H3,(H,34,35). The van der Waals surface area contributed by atoms with Crippen molar-refractivity contribution < 1.29 is 28.6 Å². The molecule has 1 saturated heterocycles. The first-order valence-electron chi connectivity index (χ1n) is 14.2. The number of hydrogen-bond donors (Lipinski definition) is 3. The van der Waals surface area contributed by atoms with Gasteiger partial charge in [-0.25, -0.2) is 13.8 Å². The van der Waals surface area contributed by atoms with Crippen molar-refractivity contribution in [2.75, 3.05) is 24.6 Å². The average molecular weight is 552 g/mol. The zero-order valence-corrected chi connectivity index (χ0v) is 23.0. The van der Waals surface area contributed by atoms with Crippen molar-refractivity contribution in [1.82, 2.24) is 9.97 Å². The number of aromatic nitrogens is 2. The van der Waals surface area contributed by atoms with Crippen LogP contribution in [0.25, 0.3) is 11.0 Å². The number of rotatable bonds is 3. The first-order chi connectivity index (χ1) is 18.9. The van der Waals surface area contributed by atoms with E-state index in [0.29, 0.717) is 18.9 Å². The monoisotopic (exact) mass is 551 g/mol. The van der Waals surface area contributed by atoms with E-state index in [1.807, 2.05) is 43.0 Å². The molecule has 1 aliphatic heterocycles. The molecule has 9 atom stereocenters. The fourth-order valence-electron chi connectivity index (χ4n) is 10.1. The number of H-pyrrole nitrogens is 1. The van der Waals surface area contributed by atoms with Gasteiger partial charge in [0.2, 0.25) is 5.95 Å². The van der Waals surface area contributed by atoms with Crippen LogP contribution in [0.4, 0.5) is 14.7 Å². The number of aliphatic hydroxyl groups excluding tert-OH is 2. The van der Waals surface area contributed by atoms with Crippen LogP contribution >= 0.6 is 0 Å². The van der Waals surface area contributed by atoms with Crippen molar-refractivity contribution in [2.24, 2.45) is 33.5 Å². The minimum Gasteiger partial charge on any atom is -0.390 e. The van der Waals surface area contributed by atoms with E-state index in [0.717, 1.165) is 11.0 Å². The Bertz CT molecular complexity index is 1490. The normalized spacial score (nSPS) is 45.6. The average Bonchev–Trinajstić information content (AvgIpc) is 3.57. The maximum Gasteiger partial charge on any atom is 0.203 e. The van der Waals surface area contributed by atoms with Crippen LogP contribution in [-0.4, -0.2) is 69.4 Å². The van der Waals surface area contributed by atoms with Gasteiger partial charge in [-0.05, 0) is 72.8 Å². The molecule has 0 bridgehead atoms. The predicted octanol–water partition coefficient (Wildman–Crippen LogP) is 3.87. The van der Waals surface area contributed by atoms with Gasteiger partial charge in [0.05, 0.1) is 22.6 Å². The minimum atomic E-state index is -2.23. The summed E-state index contributed by atoms with van der Waals surface area (Å²) in [6, 6.07) is 7.66. The van der Waals surface area contributed by atoms with E-state index in [1.54, 1.807) is 6.92 Å². The largest absolute Gasteiger partial charge is 0.390 e. The number of fused-ring (bicyclic) bond motifs is 8. The molecule has 0 amide bonds. The number of aromatic amines is 1. The molecule has 7 nitrogen and oxygen atoms in total. The van der Waals surface area contributed by atoms with Crippen LogP contribution in [0, 0.1) is 33.5 Å². The molecule has 4 aliphatic carbocycles. The minimum absolute atomic E-state index is 0.0195. The van der Waals surface area contributed by atoms with Gasteiger partial charge in [-0.15, -0.1) is 0 Å². The summed E-state index contributed by atoms with van der Waals surface area (Å²) in [5.74, 6) is -1.24. The fraction of sp³-hybridized carbons (Fsp3) is 0.581. The Balaban J connectivity index is 1.35. The number of nitrogens with one attached hydrogen (secondary N) is 1. The van der Waals surface area contributed by atoms with Crippen LogP contribution in [0.3, 0.4) is 0 Å². The summed E-state index contributed by atoms with van der Waals surface area (Å²) < 4.78 is 33.7. The number of nitrogens with zero attached hydrogens (tertiary/aromatic N) is 2. The highest BCUT2D eigenvalue weighted by Gasteiger charge is 2.82.